The Hall–Kier alpha value is -3.80. The number of ether oxygens (including phenoxy) is 3. The van der Waals surface area contributed by atoms with Crippen molar-refractivity contribution in [1.29, 1.82) is 0 Å². The number of para-hydroxylation sites is 1. The molecule has 1 unspecified atom stereocenters. The maximum Gasteiger partial charge on any atom is 0.337 e. The van der Waals surface area contributed by atoms with Gasteiger partial charge in [-0.1, -0.05) is 36.4 Å². The zero-order valence-electron chi connectivity index (χ0n) is 20.5. The summed E-state index contributed by atoms with van der Waals surface area (Å²) in [5.41, 5.74) is 2.56. The van der Waals surface area contributed by atoms with E-state index in [0.29, 0.717) is 36.6 Å². The molecule has 0 aromatic heterocycles. The molecule has 3 aromatic rings. The number of amides is 1. The topological polar surface area (TPSA) is 65.1 Å². The minimum Gasteiger partial charge on any atom is -0.494 e. The number of methoxy groups -OCH3 is 1. The molecule has 0 radical (unpaired) electrons. The average Bonchev–Trinajstić information content (AvgIpc) is 3.06. The van der Waals surface area contributed by atoms with Crippen molar-refractivity contribution >= 4 is 17.6 Å². The largest absolute Gasteiger partial charge is 0.494 e. The van der Waals surface area contributed by atoms with Gasteiger partial charge >= 0.3 is 5.97 Å². The van der Waals surface area contributed by atoms with Crippen LogP contribution in [0.2, 0.25) is 0 Å². The van der Waals surface area contributed by atoms with Crippen LogP contribution in [-0.2, 0) is 21.5 Å². The molecule has 1 spiro atoms. The minimum atomic E-state index is -0.877. The Bertz CT molecular complexity index is 1310. The maximum atomic E-state index is 14.4. The van der Waals surface area contributed by atoms with Crippen LogP contribution in [-0.4, -0.2) is 31.2 Å². The number of benzene rings is 3. The number of esters is 1. The van der Waals surface area contributed by atoms with E-state index in [1.807, 2.05) is 80.3 Å². The van der Waals surface area contributed by atoms with E-state index in [1.165, 1.54) is 7.11 Å². The van der Waals surface area contributed by atoms with Gasteiger partial charge in [0.05, 0.1) is 25.8 Å². The zero-order chi connectivity index (χ0) is 24.8. The van der Waals surface area contributed by atoms with E-state index in [1.54, 1.807) is 12.1 Å². The summed E-state index contributed by atoms with van der Waals surface area (Å²) in [7, 11) is 1.36. The molecular formula is C29H29NO5. The standard InChI is InChI=1S/C29H29NO5/c1-5-34-21-13-14-23-25(16-21)35-28(2,3)18-29(23)22-11-6-7-12-24(22)30(27(29)32)17-19-9-8-10-20(15-19)26(31)33-4/h6-16H,5,17-18H2,1-4H3. The molecule has 3 aromatic carbocycles. The van der Waals surface area contributed by atoms with Crippen molar-refractivity contribution in [3.05, 3.63) is 89.0 Å². The predicted octanol–water partition coefficient (Wildman–Crippen LogP) is 5.27. The quantitative estimate of drug-likeness (QED) is 0.475. The van der Waals surface area contributed by atoms with Gasteiger partial charge in [-0.15, -0.1) is 0 Å². The van der Waals surface area contributed by atoms with Crippen molar-refractivity contribution in [2.24, 2.45) is 0 Å². The normalized spacial score (nSPS) is 19.7. The molecule has 2 heterocycles. The highest BCUT2D eigenvalue weighted by Gasteiger charge is 2.58. The van der Waals surface area contributed by atoms with Crippen molar-refractivity contribution in [1.82, 2.24) is 0 Å². The Kier molecular flexibility index (Phi) is 5.55. The first kappa shape index (κ1) is 23.0. The number of carbonyl (C=O) groups is 2. The lowest BCUT2D eigenvalue weighted by Crippen LogP contribution is -2.50. The lowest BCUT2D eigenvalue weighted by atomic mass is 9.67. The minimum absolute atomic E-state index is 0.00366. The highest BCUT2D eigenvalue weighted by Crippen LogP contribution is 2.56. The third-order valence-corrected chi connectivity index (χ3v) is 6.75. The van der Waals surface area contributed by atoms with Crippen LogP contribution in [0.25, 0.3) is 0 Å². The summed E-state index contributed by atoms with van der Waals surface area (Å²) >= 11 is 0. The lowest BCUT2D eigenvalue weighted by molar-refractivity contribution is -0.124. The van der Waals surface area contributed by atoms with Crippen molar-refractivity contribution in [2.75, 3.05) is 18.6 Å². The number of hydrogen-bond acceptors (Lipinski definition) is 5. The number of carbonyl (C=O) groups excluding carboxylic acids is 2. The van der Waals surface area contributed by atoms with Crippen molar-refractivity contribution < 1.29 is 23.8 Å². The van der Waals surface area contributed by atoms with Gasteiger partial charge in [-0.05, 0) is 56.2 Å². The first-order valence-corrected chi connectivity index (χ1v) is 11.8. The van der Waals surface area contributed by atoms with Crippen LogP contribution in [0.3, 0.4) is 0 Å². The van der Waals surface area contributed by atoms with Gasteiger partial charge in [0.2, 0.25) is 5.91 Å². The molecule has 1 amide bonds. The average molecular weight is 472 g/mol. The van der Waals surface area contributed by atoms with E-state index >= 15 is 0 Å². The molecule has 6 heteroatoms. The van der Waals surface area contributed by atoms with Gasteiger partial charge in [0.15, 0.2) is 0 Å². The first-order chi connectivity index (χ1) is 16.8. The summed E-state index contributed by atoms with van der Waals surface area (Å²) in [6.45, 7) is 6.87. The monoisotopic (exact) mass is 471 g/mol. The van der Waals surface area contributed by atoms with Crippen LogP contribution in [0, 0.1) is 0 Å². The summed E-state index contributed by atoms with van der Waals surface area (Å²) in [5, 5.41) is 0. The Labute approximate surface area is 205 Å². The fraction of sp³-hybridized carbons (Fsp3) is 0.310. The fourth-order valence-electron chi connectivity index (χ4n) is 5.47. The molecule has 0 bridgehead atoms. The summed E-state index contributed by atoms with van der Waals surface area (Å²) in [4.78, 5) is 28.3. The smallest absolute Gasteiger partial charge is 0.337 e. The molecule has 0 N–H and O–H groups in total. The summed E-state index contributed by atoms with van der Waals surface area (Å²) in [6, 6.07) is 20.9. The SMILES string of the molecule is CCOc1ccc2c(c1)OC(C)(C)CC21C(=O)N(Cc2cccc(C(=O)OC)c2)c2ccccc21. The third-order valence-electron chi connectivity index (χ3n) is 6.75. The summed E-state index contributed by atoms with van der Waals surface area (Å²) in [5.74, 6) is 0.991. The highest BCUT2D eigenvalue weighted by atomic mass is 16.5. The number of nitrogens with zero attached hydrogens (tertiary/aromatic N) is 1. The van der Waals surface area contributed by atoms with Gasteiger partial charge in [-0.2, -0.15) is 0 Å². The molecule has 6 nitrogen and oxygen atoms in total. The predicted molar refractivity (Wildman–Crippen MR) is 133 cm³/mol. The lowest BCUT2D eigenvalue weighted by Gasteiger charge is -2.43. The zero-order valence-corrected chi connectivity index (χ0v) is 20.5. The van der Waals surface area contributed by atoms with Crippen LogP contribution < -0.4 is 14.4 Å². The number of fused-ring (bicyclic) bond motifs is 4. The van der Waals surface area contributed by atoms with Crippen molar-refractivity contribution in [3.8, 4) is 11.5 Å². The summed E-state index contributed by atoms with van der Waals surface area (Å²) in [6.07, 6.45) is 0.509. The second-order valence-electron chi connectivity index (χ2n) is 9.64. The molecule has 0 saturated heterocycles. The Balaban J connectivity index is 1.63. The Morgan fingerprint density at radius 3 is 2.60 bits per heavy atom. The first-order valence-electron chi connectivity index (χ1n) is 11.8. The molecule has 2 aliphatic rings. The molecule has 0 aliphatic carbocycles. The van der Waals surface area contributed by atoms with Gasteiger partial charge in [0.25, 0.3) is 0 Å². The molecule has 5 rings (SSSR count). The molecule has 1 atom stereocenters. The van der Waals surface area contributed by atoms with Crippen LogP contribution in [0.4, 0.5) is 5.69 Å². The molecule has 35 heavy (non-hydrogen) atoms. The van der Waals surface area contributed by atoms with Crippen LogP contribution in [0.5, 0.6) is 11.5 Å². The fourth-order valence-corrected chi connectivity index (χ4v) is 5.47. The van der Waals surface area contributed by atoms with E-state index in [-0.39, 0.29) is 5.91 Å². The number of rotatable bonds is 5. The second kappa shape index (κ2) is 8.45. The summed E-state index contributed by atoms with van der Waals surface area (Å²) < 4.78 is 17.0. The Morgan fingerprint density at radius 2 is 1.83 bits per heavy atom. The van der Waals surface area contributed by atoms with Crippen molar-refractivity contribution in [3.63, 3.8) is 0 Å². The van der Waals surface area contributed by atoms with E-state index in [2.05, 4.69) is 0 Å². The molecule has 180 valence electrons. The van der Waals surface area contributed by atoms with Gasteiger partial charge in [-0.3, -0.25) is 4.79 Å². The van der Waals surface area contributed by atoms with Gasteiger partial charge in [0.1, 0.15) is 22.5 Å². The number of hydrogen-bond donors (Lipinski definition) is 0. The molecule has 0 fully saturated rings. The van der Waals surface area contributed by atoms with Crippen LogP contribution >= 0.6 is 0 Å². The molecular weight excluding hydrogens is 442 g/mol. The third kappa shape index (κ3) is 3.73. The van der Waals surface area contributed by atoms with Crippen molar-refractivity contribution in [2.45, 2.75) is 44.8 Å². The molecule has 2 aliphatic heterocycles. The van der Waals surface area contributed by atoms with E-state index in [9.17, 15) is 9.59 Å². The van der Waals surface area contributed by atoms with Gasteiger partial charge in [-0.25, -0.2) is 4.79 Å². The highest BCUT2D eigenvalue weighted by molar-refractivity contribution is 6.11. The van der Waals surface area contributed by atoms with Crippen LogP contribution in [0.1, 0.15) is 54.2 Å². The van der Waals surface area contributed by atoms with E-state index in [0.717, 1.165) is 22.4 Å². The second-order valence-corrected chi connectivity index (χ2v) is 9.64. The van der Waals surface area contributed by atoms with Crippen LogP contribution in [0.15, 0.2) is 66.7 Å². The number of anilines is 1. The van der Waals surface area contributed by atoms with E-state index in [4.69, 9.17) is 14.2 Å². The van der Waals surface area contributed by atoms with Gasteiger partial charge < -0.3 is 19.1 Å². The molecule has 0 saturated carbocycles. The van der Waals surface area contributed by atoms with E-state index < -0.39 is 17.0 Å². The van der Waals surface area contributed by atoms with Gasteiger partial charge in [0, 0.05) is 23.7 Å². The Morgan fingerprint density at radius 1 is 1.03 bits per heavy atom. The maximum absolute atomic E-state index is 14.4.